The number of aliphatic imine (C=N–C) groups is 1. The molecule has 0 atom stereocenters. The van der Waals surface area contributed by atoms with Gasteiger partial charge in [0.2, 0.25) is 0 Å². The lowest BCUT2D eigenvalue weighted by molar-refractivity contribution is 0.318. The summed E-state index contributed by atoms with van der Waals surface area (Å²) >= 11 is 0. The summed E-state index contributed by atoms with van der Waals surface area (Å²) in [6, 6.07) is 0. The van der Waals surface area contributed by atoms with Gasteiger partial charge in [0.1, 0.15) is 0 Å². The fourth-order valence-corrected chi connectivity index (χ4v) is 0.798. The topological polar surface area (TPSA) is 41.8 Å². The first-order valence-corrected chi connectivity index (χ1v) is 4.12. The molecule has 0 radical (unpaired) electrons. The molecule has 3 heteroatoms. The summed E-state index contributed by atoms with van der Waals surface area (Å²) in [5, 5.41) is 7.57. The molecule has 0 aromatic heterocycles. The summed E-state index contributed by atoms with van der Waals surface area (Å²) in [7, 11) is 0. The number of hydrogen-bond acceptors (Lipinski definition) is 3. The Bertz CT molecular complexity index is 113. The van der Waals surface area contributed by atoms with Crippen molar-refractivity contribution in [2.45, 2.75) is 26.7 Å². The molecule has 0 aromatic carbocycles. The minimum absolute atomic E-state index is 0.250. The second-order valence-corrected chi connectivity index (χ2v) is 2.13. The van der Waals surface area contributed by atoms with Gasteiger partial charge in [0.25, 0.3) is 0 Å². The van der Waals surface area contributed by atoms with Crippen LogP contribution in [0.4, 0.5) is 0 Å². The highest BCUT2D eigenvalue weighted by Crippen LogP contribution is 2.03. The molecule has 0 fully saturated rings. The van der Waals surface area contributed by atoms with Crippen molar-refractivity contribution < 1.29 is 9.84 Å². The van der Waals surface area contributed by atoms with Gasteiger partial charge in [-0.15, -0.1) is 0 Å². The molecule has 1 rings (SSSR count). The maximum absolute atomic E-state index is 7.57. The zero-order valence-electron chi connectivity index (χ0n) is 7.34. The van der Waals surface area contributed by atoms with E-state index in [4.69, 9.17) is 9.84 Å². The van der Waals surface area contributed by atoms with Gasteiger partial charge in [0, 0.05) is 19.6 Å². The van der Waals surface area contributed by atoms with E-state index in [2.05, 4.69) is 4.99 Å². The predicted molar refractivity (Wildman–Crippen MR) is 45.9 cm³/mol. The molecule has 0 spiro atoms. The maximum atomic E-state index is 7.57. The predicted octanol–water partition coefficient (Wildman–Crippen LogP) is 1.21. The van der Waals surface area contributed by atoms with E-state index < -0.39 is 0 Å². The monoisotopic (exact) mass is 159 g/mol. The highest BCUT2D eigenvalue weighted by Gasteiger charge is 2.04. The Kier molecular flexibility index (Phi) is 7.15. The first-order chi connectivity index (χ1) is 5.35. The second-order valence-electron chi connectivity index (χ2n) is 2.13. The number of aliphatic hydroxyl groups is 1. The van der Waals surface area contributed by atoms with Crippen LogP contribution in [-0.4, -0.2) is 30.8 Å². The molecule has 1 aliphatic rings. The molecule has 0 saturated heterocycles. The minimum atomic E-state index is 0.250. The molecule has 0 aliphatic carbocycles. The smallest absolute Gasteiger partial charge is 0.183 e. The third-order valence-corrected chi connectivity index (χ3v) is 1.15. The Morgan fingerprint density at radius 3 is 2.55 bits per heavy atom. The third-order valence-electron chi connectivity index (χ3n) is 1.15. The molecule has 0 saturated carbocycles. The molecule has 3 nitrogen and oxygen atoms in total. The van der Waals surface area contributed by atoms with E-state index in [0.29, 0.717) is 0 Å². The molecule has 11 heavy (non-hydrogen) atoms. The zero-order valence-corrected chi connectivity index (χ0v) is 7.34. The van der Waals surface area contributed by atoms with E-state index in [-0.39, 0.29) is 6.61 Å². The van der Waals surface area contributed by atoms with Crippen molar-refractivity contribution in [3.8, 4) is 0 Å². The Morgan fingerprint density at radius 2 is 2.18 bits per heavy atom. The maximum Gasteiger partial charge on any atom is 0.183 e. The quantitative estimate of drug-likeness (QED) is 0.625. The Morgan fingerprint density at radius 1 is 1.55 bits per heavy atom. The third kappa shape index (κ3) is 5.85. The van der Waals surface area contributed by atoms with Crippen LogP contribution < -0.4 is 0 Å². The van der Waals surface area contributed by atoms with Gasteiger partial charge in [0.05, 0.1) is 6.61 Å². The molecular weight excluding hydrogens is 142 g/mol. The second kappa shape index (κ2) is 7.54. The minimum Gasteiger partial charge on any atom is -0.481 e. The van der Waals surface area contributed by atoms with Crippen molar-refractivity contribution in [2.24, 2.45) is 4.99 Å². The molecule has 0 aromatic rings. The van der Waals surface area contributed by atoms with Gasteiger partial charge in [-0.2, -0.15) is 0 Å². The van der Waals surface area contributed by atoms with Crippen LogP contribution in [0.2, 0.25) is 0 Å². The van der Waals surface area contributed by atoms with Gasteiger partial charge in [-0.1, -0.05) is 0 Å². The van der Waals surface area contributed by atoms with Crippen LogP contribution in [0.15, 0.2) is 4.99 Å². The summed E-state index contributed by atoms with van der Waals surface area (Å²) in [4.78, 5) is 4.12. The van der Waals surface area contributed by atoms with Crippen LogP contribution in [0.25, 0.3) is 0 Å². The number of rotatable bonds is 1. The number of hydrogen-bond donors (Lipinski definition) is 1. The van der Waals surface area contributed by atoms with Crippen LogP contribution in [0.5, 0.6) is 0 Å². The highest BCUT2D eigenvalue weighted by molar-refractivity contribution is 5.77. The van der Waals surface area contributed by atoms with E-state index in [9.17, 15) is 0 Å². The van der Waals surface area contributed by atoms with Gasteiger partial charge < -0.3 is 9.84 Å². The van der Waals surface area contributed by atoms with Gasteiger partial charge in [-0.3, -0.25) is 4.99 Å². The van der Waals surface area contributed by atoms with Crippen molar-refractivity contribution in [2.75, 3.05) is 19.8 Å². The van der Waals surface area contributed by atoms with Crippen molar-refractivity contribution in [3.05, 3.63) is 0 Å². The molecular formula is C8H17NO2. The van der Waals surface area contributed by atoms with Gasteiger partial charge >= 0.3 is 0 Å². The molecule has 66 valence electrons. The number of nitrogens with zero attached hydrogens (tertiary/aromatic N) is 1. The van der Waals surface area contributed by atoms with Crippen molar-refractivity contribution in [1.82, 2.24) is 0 Å². The lowest BCUT2D eigenvalue weighted by Gasteiger charge is -1.97. The summed E-state index contributed by atoms with van der Waals surface area (Å²) in [6.07, 6.45) is 2.23. The van der Waals surface area contributed by atoms with E-state index >= 15 is 0 Å². The average molecular weight is 159 g/mol. The Balaban J connectivity index is 0.000000292. The molecule has 0 unspecified atom stereocenters. The number of aliphatic hydroxyl groups excluding tert-OH is 1. The van der Waals surface area contributed by atoms with E-state index in [0.717, 1.165) is 25.5 Å². The molecule has 1 heterocycles. The number of ether oxygens (including phenoxy) is 1. The largest absolute Gasteiger partial charge is 0.481 e. The van der Waals surface area contributed by atoms with Crippen LogP contribution in [-0.2, 0) is 4.74 Å². The SMILES string of the molecule is CCO.CCOC1=NCCC1. The van der Waals surface area contributed by atoms with Crippen molar-refractivity contribution in [1.29, 1.82) is 0 Å². The highest BCUT2D eigenvalue weighted by atomic mass is 16.5. The lowest BCUT2D eigenvalue weighted by Crippen LogP contribution is -1.98. The fourth-order valence-electron chi connectivity index (χ4n) is 0.798. The van der Waals surface area contributed by atoms with Crippen LogP contribution in [0.3, 0.4) is 0 Å². The van der Waals surface area contributed by atoms with E-state index in [1.165, 1.54) is 6.42 Å². The first-order valence-electron chi connectivity index (χ1n) is 4.12. The van der Waals surface area contributed by atoms with Crippen LogP contribution >= 0.6 is 0 Å². The summed E-state index contributed by atoms with van der Waals surface area (Å²) in [5.74, 6) is 0.951. The van der Waals surface area contributed by atoms with E-state index in [1.54, 1.807) is 6.92 Å². The average Bonchev–Trinajstić information content (AvgIpc) is 2.42. The van der Waals surface area contributed by atoms with Crippen molar-refractivity contribution >= 4 is 5.90 Å². The van der Waals surface area contributed by atoms with Gasteiger partial charge in [-0.25, -0.2) is 0 Å². The lowest BCUT2D eigenvalue weighted by atomic mass is 10.4. The van der Waals surface area contributed by atoms with Crippen LogP contribution in [0.1, 0.15) is 26.7 Å². The van der Waals surface area contributed by atoms with Gasteiger partial charge in [0.15, 0.2) is 5.90 Å². The first kappa shape index (κ1) is 10.4. The molecule has 0 bridgehead atoms. The van der Waals surface area contributed by atoms with E-state index in [1.807, 2.05) is 6.92 Å². The van der Waals surface area contributed by atoms with Crippen molar-refractivity contribution in [3.63, 3.8) is 0 Å². The molecule has 0 amide bonds. The molecule has 1 aliphatic heterocycles. The Labute approximate surface area is 68.1 Å². The summed E-state index contributed by atoms with van der Waals surface area (Å²) in [6.45, 7) is 5.65. The molecule has 1 N–H and O–H groups in total. The van der Waals surface area contributed by atoms with Gasteiger partial charge in [-0.05, 0) is 20.3 Å². The normalized spacial score (nSPS) is 15.0. The fraction of sp³-hybridized carbons (Fsp3) is 0.875. The standard InChI is InChI=1S/C6H11NO.C2H6O/c1-2-8-6-4-3-5-7-6;1-2-3/h2-5H2,1H3;3H,2H2,1H3. The van der Waals surface area contributed by atoms with Crippen LogP contribution in [0, 0.1) is 0 Å². The zero-order chi connectivity index (χ0) is 8.53. The Hall–Kier alpha value is -0.570. The summed E-state index contributed by atoms with van der Waals surface area (Å²) < 4.78 is 5.15. The summed E-state index contributed by atoms with van der Waals surface area (Å²) in [5.41, 5.74) is 0.